The van der Waals surface area contributed by atoms with Gasteiger partial charge in [-0.05, 0) is 5.56 Å². The van der Waals surface area contributed by atoms with Gasteiger partial charge in [0.15, 0.2) is 5.65 Å². The first-order chi connectivity index (χ1) is 12.0. The van der Waals surface area contributed by atoms with E-state index < -0.39 is 4.92 Å². The molecule has 0 radical (unpaired) electrons. The molecule has 25 heavy (non-hydrogen) atoms. The number of carbonyl (C=O) groups excluding carboxylic acids is 1. The highest BCUT2D eigenvalue weighted by atomic mass is 16.6. The van der Waals surface area contributed by atoms with Crippen molar-refractivity contribution < 1.29 is 14.5 Å². The van der Waals surface area contributed by atoms with E-state index in [1.807, 2.05) is 0 Å². The van der Waals surface area contributed by atoms with Crippen LogP contribution in [0.2, 0.25) is 0 Å². The van der Waals surface area contributed by atoms with Crippen LogP contribution in [0.4, 0.5) is 11.6 Å². The molecule has 0 aliphatic heterocycles. The Morgan fingerprint density at radius 2 is 2.08 bits per heavy atom. The number of hydrogen-bond donors (Lipinski definition) is 2. The van der Waals surface area contributed by atoms with Gasteiger partial charge in [0.05, 0.1) is 17.9 Å². The van der Waals surface area contributed by atoms with Crippen LogP contribution in [0, 0.1) is 10.1 Å². The monoisotopic (exact) mass is 342 g/mol. The summed E-state index contributed by atoms with van der Waals surface area (Å²) in [7, 11) is 0. The van der Waals surface area contributed by atoms with Gasteiger partial charge in [-0.3, -0.25) is 20.2 Å². The molecule has 0 bridgehead atoms. The number of anilines is 1. The van der Waals surface area contributed by atoms with Gasteiger partial charge < -0.3 is 9.72 Å². The number of non-ortho nitro benzene ring substituents is 1. The third kappa shape index (κ3) is 3.86. The minimum atomic E-state index is -0.445. The predicted molar refractivity (Wildman–Crippen MR) is 88.3 cm³/mol. The number of imidazole rings is 1. The number of fused-ring (bicyclic) bond motifs is 1. The maximum absolute atomic E-state index is 11.2. The van der Waals surface area contributed by atoms with Crippen LogP contribution in [-0.2, 0) is 11.2 Å². The van der Waals surface area contributed by atoms with E-state index in [-0.39, 0.29) is 23.4 Å². The fourth-order valence-electron chi connectivity index (χ4n) is 2.17. The summed E-state index contributed by atoms with van der Waals surface area (Å²) in [5.74, 6) is 0.0808. The van der Waals surface area contributed by atoms with E-state index in [0.717, 1.165) is 5.56 Å². The largest absolute Gasteiger partial charge is 0.476 e. The number of hydrogen-bond acceptors (Lipinski definition) is 7. The Labute approximate surface area is 141 Å². The highest BCUT2D eigenvalue weighted by Gasteiger charge is 2.12. The van der Waals surface area contributed by atoms with Crippen molar-refractivity contribution in [1.29, 1.82) is 0 Å². The van der Waals surface area contributed by atoms with Crippen LogP contribution in [-0.4, -0.2) is 37.4 Å². The number of aromatic amines is 1. The smallest absolute Gasteiger partial charge is 0.269 e. The summed E-state index contributed by atoms with van der Waals surface area (Å²) in [5.41, 5.74) is 1.84. The number of ether oxygens (including phenoxy) is 1. The Morgan fingerprint density at radius 3 is 2.76 bits per heavy atom. The van der Waals surface area contributed by atoms with Crippen LogP contribution < -0.4 is 10.1 Å². The summed E-state index contributed by atoms with van der Waals surface area (Å²) >= 11 is 0. The molecular formula is C15H14N6O4. The van der Waals surface area contributed by atoms with Crippen LogP contribution in [0.1, 0.15) is 12.5 Å². The Morgan fingerprint density at radius 1 is 1.32 bits per heavy atom. The molecule has 2 N–H and O–H groups in total. The van der Waals surface area contributed by atoms with Crippen LogP contribution in [0.3, 0.4) is 0 Å². The summed E-state index contributed by atoms with van der Waals surface area (Å²) in [4.78, 5) is 36.5. The zero-order chi connectivity index (χ0) is 17.8. The third-order valence-corrected chi connectivity index (χ3v) is 3.32. The van der Waals surface area contributed by atoms with Crippen molar-refractivity contribution in [2.75, 3.05) is 11.9 Å². The molecule has 0 spiro atoms. The van der Waals surface area contributed by atoms with Gasteiger partial charge in [0.2, 0.25) is 17.7 Å². The number of amides is 1. The summed E-state index contributed by atoms with van der Waals surface area (Å²) in [6, 6.07) is 6.25. The second kappa shape index (κ2) is 6.91. The number of nitro benzene ring substituents is 1. The van der Waals surface area contributed by atoms with Gasteiger partial charge in [-0.25, -0.2) is 4.98 Å². The van der Waals surface area contributed by atoms with E-state index in [1.165, 1.54) is 25.4 Å². The lowest BCUT2D eigenvalue weighted by Crippen LogP contribution is -2.11. The zero-order valence-electron chi connectivity index (χ0n) is 13.2. The number of nitrogens with zero attached hydrogens (tertiary/aromatic N) is 4. The number of aromatic nitrogens is 4. The molecule has 10 nitrogen and oxygen atoms in total. The molecule has 10 heteroatoms. The molecule has 2 heterocycles. The summed E-state index contributed by atoms with van der Waals surface area (Å²) in [6.07, 6.45) is 1.99. The molecule has 0 atom stereocenters. The Hall–Kier alpha value is -3.56. The van der Waals surface area contributed by atoms with Crippen LogP contribution in [0.15, 0.2) is 30.6 Å². The van der Waals surface area contributed by atoms with Gasteiger partial charge in [0.25, 0.3) is 5.69 Å². The third-order valence-electron chi connectivity index (χ3n) is 3.32. The summed E-state index contributed by atoms with van der Waals surface area (Å²) in [5, 5.41) is 13.1. The predicted octanol–water partition coefficient (Wildman–Crippen LogP) is 1.84. The van der Waals surface area contributed by atoms with E-state index in [1.54, 1.807) is 12.1 Å². The second-order valence-electron chi connectivity index (χ2n) is 5.16. The molecule has 2 aromatic heterocycles. The summed E-state index contributed by atoms with van der Waals surface area (Å²) < 4.78 is 5.67. The number of carbonyl (C=O) groups is 1. The number of benzene rings is 1. The standard InChI is InChI=1S/C15H14N6O4/c1-9(22)18-15-19-13-12(16-8-17-13)14(20-15)25-7-6-10-2-4-11(5-3-10)21(23)24/h2-5,8H,6-7H2,1H3,(H2,16,17,18,19,20,22). The van der Waals surface area contributed by atoms with Gasteiger partial charge in [-0.1, -0.05) is 12.1 Å². The molecule has 1 amide bonds. The Balaban J connectivity index is 1.70. The van der Waals surface area contributed by atoms with Crippen LogP contribution >= 0.6 is 0 Å². The van der Waals surface area contributed by atoms with Gasteiger partial charge in [0, 0.05) is 25.5 Å². The SMILES string of the molecule is CC(=O)Nc1nc(OCCc2ccc([N+](=O)[O-])cc2)c2[nH]cnc2n1. The lowest BCUT2D eigenvalue weighted by Gasteiger charge is -2.08. The fraction of sp³-hybridized carbons (Fsp3) is 0.200. The van der Waals surface area contributed by atoms with Gasteiger partial charge in [0.1, 0.15) is 5.52 Å². The van der Waals surface area contributed by atoms with E-state index in [0.29, 0.717) is 24.2 Å². The zero-order valence-corrected chi connectivity index (χ0v) is 13.2. The van der Waals surface area contributed by atoms with Crippen molar-refractivity contribution in [3.05, 3.63) is 46.3 Å². The van der Waals surface area contributed by atoms with Gasteiger partial charge in [-0.2, -0.15) is 9.97 Å². The Kier molecular flexibility index (Phi) is 4.50. The molecule has 0 fully saturated rings. The number of nitro groups is 1. The van der Waals surface area contributed by atoms with Crippen molar-refractivity contribution in [3.8, 4) is 5.88 Å². The first kappa shape index (κ1) is 16.3. The normalized spacial score (nSPS) is 10.6. The van der Waals surface area contributed by atoms with E-state index in [4.69, 9.17) is 4.74 Å². The van der Waals surface area contributed by atoms with E-state index in [2.05, 4.69) is 25.3 Å². The quantitative estimate of drug-likeness (QED) is 0.515. The molecule has 0 unspecified atom stereocenters. The highest BCUT2D eigenvalue weighted by molar-refractivity contribution is 5.88. The van der Waals surface area contributed by atoms with Gasteiger partial charge in [-0.15, -0.1) is 0 Å². The molecule has 0 aliphatic rings. The average molecular weight is 342 g/mol. The van der Waals surface area contributed by atoms with Crippen molar-refractivity contribution in [2.24, 2.45) is 0 Å². The molecule has 3 rings (SSSR count). The van der Waals surface area contributed by atoms with Gasteiger partial charge >= 0.3 is 0 Å². The second-order valence-corrected chi connectivity index (χ2v) is 5.16. The first-order valence-electron chi connectivity index (χ1n) is 7.38. The summed E-state index contributed by atoms with van der Waals surface area (Å²) in [6.45, 7) is 1.65. The van der Waals surface area contributed by atoms with Crippen molar-refractivity contribution >= 4 is 28.7 Å². The number of rotatable bonds is 6. The molecule has 3 aromatic rings. The van der Waals surface area contributed by atoms with Crippen molar-refractivity contribution in [3.63, 3.8) is 0 Å². The molecule has 128 valence electrons. The first-order valence-corrected chi connectivity index (χ1v) is 7.38. The lowest BCUT2D eigenvalue weighted by atomic mass is 10.1. The minimum Gasteiger partial charge on any atom is -0.476 e. The topological polar surface area (TPSA) is 136 Å². The molecule has 0 saturated carbocycles. The average Bonchev–Trinajstić information content (AvgIpc) is 3.03. The maximum atomic E-state index is 11.2. The van der Waals surface area contributed by atoms with E-state index >= 15 is 0 Å². The molecule has 0 saturated heterocycles. The minimum absolute atomic E-state index is 0.0413. The van der Waals surface area contributed by atoms with Crippen molar-refractivity contribution in [1.82, 2.24) is 19.9 Å². The number of H-pyrrole nitrogens is 1. The van der Waals surface area contributed by atoms with Crippen LogP contribution in [0.5, 0.6) is 5.88 Å². The van der Waals surface area contributed by atoms with Crippen molar-refractivity contribution in [2.45, 2.75) is 13.3 Å². The Bertz CT molecular complexity index is 921. The maximum Gasteiger partial charge on any atom is 0.269 e. The lowest BCUT2D eigenvalue weighted by molar-refractivity contribution is -0.384. The molecular weight excluding hydrogens is 328 g/mol. The molecule has 1 aromatic carbocycles. The highest BCUT2D eigenvalue weighted by Crippen LogP contribution is 2.21. The number of nitrogens with one attached hydrogen (secondary N) is 2. The molecule has 0 aliphatic carbocycles. The van der Waals surface area contributed by atoms with E-state index in [9.17, 15) is 14.9 Å². The van der Waals surface area contributed by atoms with Crippen LogP contribution in [0.25, 0.3) is 11.2 Å². The fourth-order valence-corrected chi connectivity index (χ4v) is 2.17.